The van der Waals surface area contributed by atoms with Gasteiger partial charge in [-0.3, -0.25) is 4.79 Å². The van der Waals surface area contributed by atoms with Gasteiger partial charge in [-0.1, -0.05) is 52.0 Å². The summed E-state index contributed by atoms with van der Waals surface area (Å²) in [5.74, 6) is -1.08. The largest absolute Gasteiger partial charge is 0.478 e. The molecule has 3 heteroatoms. The van der Waals surface area contributed by atoms with E-state index in [0.29, 0.717) is 11.8 Å². The summed E-state index contributed by atoms with van der Waals surface area (Å²) in [5, 5.41) is 9.42. The molecule has 26 heavy (non-hydrogen) atoms. The molecule has 0 aliphatic heterocycles. The van der Waals surface area contributed by atoms with Crippen molar-refractivity contribution >= 4 is 12.3 Å². The molecule has 3 nitrogen and oxygen atoms in total. The molecule has 136 valence electrons. The molecule has 2 aromatic rings. The first kappa shape index (κ1) is 18.4. The number of benzene rings is 2. The molecule has 0 amide bonds. The number of hydrogen-bond donors (Lipinski definition) is 1. The zero-order chi connectivity index (χ0) is 19.3. The van der Waals surface area contributed by atoms with Gasteiger partial charge >= 0.3 is 5.97 Å². The maximum Gasteiger partial charge on any atom is 0.336 e. The fourth-order valence-corrected chi connectivity index (χ4v) is 4.13. The molecule has 1 N–H and O–H groups in total. The van der Waals surface area contributed by atoms with E-state index in [9.17, 15) is 14.7 Å². The lowest BCUT2D eigenvalue weighted by molar-refractivity contribution is 0.0694. The second-order valence-corrected chi connectivity index (χ2v) is 8.67. The Kier molecular flexibility index (Phi) is 4.30. The minimum Gasteiger partial charge on any atom is -0.478 e. The Morgan fingerprint density at radius 2 is 1.58 bits per heavy atom. The normalized spacial score (nSPS) is 17.4. The van der Waals surface area contributed by atoms with Crippen molar-refractivity contribution in [3.63, 3.8) is 0 Å². The molecule has 0 saturated heterocycles. The predicted molar refractivity (Wildman–Crippen MR) is 104 cm³/mol. The van der Waals surface area contributed by atoms with Crippen LogP contribution in [0.4, 0.5) is 0 Å². The molecule has 0 radical (unpaired) electrons. The van der Waals surface area contributed by atoms with E-state index < -0.39 is 5.97 Å². The number of aldehydes is 1. The number of carbonyl (C=O) groups is 2. The highest BCUT2D eigenvalue weighted by atomic mass is 16.4. The summed E-state index contributed by atoms with van der Waals surface area (Å²) in [6, 6.07) is 9.44. The summed E-state index contributed by atoms with van der Waals surface area (Å²) in [5.41, 5.74) is 5.83. The van der Waals surface area contributed by atoms with Gasteiger partial charge in [0.1, 0.15) is 0 Å². The van der Waals surface area contributed by atoms with Crippen LogP contribution in [0.15, 0.2) is 30.3 Å². The standard InChI is InChI=1S/C23H26O3/c1-14-11-19-20(23(4,5)10-9-22(19,2)3)12-17(14)15-7-6-8-16(21(25)26)18(15)13-24/h6-8,11-13H,9-10H2,1-5H3,(H,25,26). The molecule has 0 spiro atoms. The smallest absolute Gasteiger partial charge is 0.336 e. The Hall–Kier alpha value is -2.42. The molecule has 0 fully saturated rings. The van der Waals surface area contributed by atoms with Crippen LogP contribution in [0.3, 0.4) is 0 Å². The Bertz CT molecular complexity index is 904. The minimum absolute atomic E-state index is 0.0502. The first-order valence-corrected chi connectivity index (χ1v) is 9.06. The molecule has 0 heterocycles. The number of aryl methyl sites for hydroxylation is 1. The van der Waals surface area contributed by atoms with Crippen molar-refractivity contribution < 1.29 is 14.7 Å². The first-order chi connectivity index (χ1) is 12.1. The fourth-order valence-electron chi connectivity index (χ4n) is 4.13. The second kappa shape index (κ2) is 6.08. The highest BCUT2D eigenvalue weighted by molar-refractivity contribution is 6.02. The molecule has 3 rings (SSSR count). The van der Waals surface area contributed by atoms with E-state index in [4.69, 9.17) is 0 Å². The maximum absolute atomic E-state index is 11.7. The molecular formula is C23H26O3. The molecule has 0 aromatic heterocycles. The Morgan fingerprint density at radius 3 is 2.12 bits per heavy atom. The van der Waals surface area contributed by atoms with Crippen molar-refractivity contribution in [3.8, 4) is 11.1 Å². The van der Waals surface area contributed by atoms with Crippen LogP contribution in [0, 0.1) is 6.92 Å². The summed E-state index contributed by atoms with van der Waals surface area (Å²) in [7, 11) is 0. The number of carbonyl (C=O) groups excluding carboxylic acids is 1. The molecule has 1 aliphatic rings. The third-order valence-electron chi connectivity index (χ3n) is 5.94. The average molecular weight is 350 g/mol. The number of aromatic carboxylic acids is 1. The van der Waals surface area contributed by atoms with Gasteiger partial charge in [0, 0.05) is 5.56 Å². The van der Waals surface area contributed by atoms with Crippen molar-refractivity contribution in [3.05, 3.63) is 58.1 Å². The van der Waals surface area contributed by atoms with Gasteiger partial charge in [-0.2, -0.15) is 0 Å². The Balaban J connectivity index is 2.31. The second-order valence-electron chi connectivity index (χ2n) is 8.67. The van der Waals surface area contributed by atoms with E-state index in [1.807, 2.05) is 13.0 Å². The number of carboxylic acid groups (broad SMARTS) is 1. The van der Waals surface area contributed by atoms with Gasteiger partial charge in [-0.05, 0) is 64.5 Å². The highest BCUT2D eigenvalue weighted by Gasteiger charge is 2.37. The third-order valence-corrected chi connectivity index (χ3v) is 5.94. The lowest BCUT2D eigenvalue weighted by Gasteiger charge is -2.42. The molecule has 0 unspecified atom stereocenters. The van der Waals surface area contributed by atoms with E-state index in [1.54, 1.807) is 6.07 Å². The van der Waals surface area contributed by atoms with Crippen LogP contribution in [-0.2, 0) is 10.8 Å². The van der Waals surface area contributed by atoms with E-state index in [-0.39, 0.29) is 22.0 Å². The lowest BCUT2D eigenvalue weighted by Crippen LogP contribution is -2.34. The summed E-state index contributed by atoms with van der Waals surface area (Å²) in [6.45, 7) is 11.1. The van der Waals surface area contributed by atoms with Crippen LogP contribution >= 0.6 is 0 Å². The summed E-state index contributed by atoms with van der Waals surface area (Å²) >= 11 is 0. The molecule has 0 atom stereocenters. The number of fused-ring (bicyclic) bond motifs is 1. The minimum atomic E-state index is -1.08. The first-order valence-electron chi connectivity index (χ1n) is 9.06. The van der Waals surface area contributed by atoms with Gasteiger partial charge in [-0.25, -0.2) is 4.79 Å². The van der Waals surface area contributed by atoms with Gasteiger partial charge in [0.15, 0.2) is 6.29 Å². The summed E-state index contributed by atoms with van der Waals surface area (Å²) < 4.78 is 0. The molecular weight excluding hydrogens is 324 g/mol. The quantitative estimate of drug-likeness (QED) is 0.741. The monoisotopic (exact) mass is 350 g/mol. The Morgan fingerprint density at radius 1 is 1.00 bits per heavy atom. The number of hydrogen-bond acceptors (Lipinski definition) is 2. The van der Waals surface area contributed by atoms with Crippen LogP contribution in [-0.4, -0.2) is 17.4 Å². The summed E-state index contributed by atoms with van der Waals surface area (Å²) in [4.78, 5) is 23.2. The zero-order valence-electron chi connectivity index (χ0n) is 16.1. The third kappa shape index (κ3) is 2.86. The SMILES string of the molecule is Cc1cc2c(cc1-c1cccc(C(=O)O)c1C=O)C(C)(C)CCC2(C)C. The average Bonchev–Trinajstić information content (AvgIpc) is 2.58. The Labute approximate surface area is 155 Å². The maximum atomic E-state index is 11.7. The van der Waals surface area contributed by atoms with Crippen molar-refractivity contribution in [2.75, 3.05) is 0 Å². The van der Waals surface area contributed by atoms with Gasteiger partial charge in [0.25, 0.3) is 0 Å². The van der Waals surface area contributed by atoms with Crippen LogP contribution in [0.5, 0.6) is 0 Å². The van der Waals surface area contributed by atoms with Crippen molar-refractivity contribution in [2.45, 2.75) is 58.3 Å². The van der Waals surface area contributed by atoms with Gasteiger partial charge in [0.2, 0.25) is 0 Å². The van der Waals surface area contributed by atoms with Crippen molar-refractivity contribution in [1.82, 2.24) is 0 Å². The van der Waals surface area contributed by atoms with E-state index >= 15 is 0 Å². The zero-order valence-corrected chi connectivity index (χ0v) is 16.1. The van der Waals surface area contributed by atoms with Gasteiger partial charge in [-0.15, -0.1) is 0 Å². The van der Waals surface area contributed by atoms with Gasteiger partial charge in [0.05, 0.1) is 5.56 Å². The topological polar surface area (TPSA) is 54.4 Å². The van der Waals surface area contributed by atoms with E-state index in [2.05, 4.69) is 39.8 Å². The van der Waals surface area contributed by atoms with Crippen molar-refractivity contribution in [2.24, 2.45) is 0 Å². The molecule has 1 aliphatic carbocycles. The summed E-state index contributed by atoms with van der Waals surface area (Å²) in [6.07, 6.45) is 2.90. The molecule has 0 saturated carbocycles. The molecule has 0 bridgehead atoms. The van der Waals surface area contributed by atoms with Crippen LogP contribution in [0.25, 0.3) is 11.1 Å². The number of carboxylic acids is 1. The highest BCUT2D eigenvalue weighted by Crippen LogP contribution is 2.47. The molecule has 2 aromatic carbocycles. The van der Waals surface area contributed by atoms with Crippen LogP contribution in [0.1, 0.15) is 77.9 Å². The number of rotatable bonds is 3. The van der Waals surface area contributed by atoms with E-state index in [0.717, 1.165) is 24.0 Å². The fraction of sp³-hybridized carbons (Fsp3) is 0.391. The van der Waals surface area contributed by atoms with Crippen LogP contribution < -0.4 is 0 Å². The van der Waals surface area contributed by atoms with E-state index in [1.165, 1.54) is 17.2 Å². The van der Waals surface area contributed by atoms with Crippen molar-refractivity contribution in [1.29, 1.82) is 0 Å². The van der Waals surface area contributed by atoms with Gasteiger partial charge < -0.3 is 5.11 Å². The lowest BCUT2D eigenvalue weighted by atomic mass is 9.62. The van der Waals surface area contributed by atoms with Crippen LogP contribution in [0.2, 0.25) is 0 Å². The predicted octanol–water partition coefficient (Wildman–Crippen LogP) is 5.52.